The zero-order valence-electron chi connectivity index (χ0n) is 6.49. The van der Waals surface area contributed by atoms with Gasteiger partial charge in [0.2, 0.25) is 0 Å². The van der Waals surface area contributed by atoms with E-state index in [-0.39, 0.29) is 5.92 Å². The summed E-state index contributed by atoms with van der Waals surface area (Å²) in [4.78, 5) is 11.9. The lowest BCUT2D eigenvalue weighted by molar-refractivity contribution is -0.142. The minimum absolute atomic E-state index is 0.186. The first-order valence-electron chi connectivity index (χ1n) is 3.92. The molecular weight excluding hydrogens is 174 g/mol. The van der Waals surface area contributed by atoms with Crippen LogP contribution in [0.1, 0.15) is 16.9 Å². The zero-order chi connectivity index (χ0) is 8.55. The molecule has 1 aliphatic carbocycles. The van der Waals surface area contributed by atoms with Gasteiger partial charge in [-0.15, -0.1) is 0 Å². The monoisotopic (exact) mass is 183 g/mol. The second kappa shape index (κ2) is 2.86. The molecule has 0 amide bonds. The largest absolute Gasteiger partial charge is 0.481 e. The van der Waals surface area contributed by atoms with Crippen molar-refractivity contribution in [3.8, 4) is 0 Å². The van der Waals surface area contributed by atoms with E-state index >= 15 is 0 Å². The first-order chi connectivity index (χ1) is 5.77. The zero-order valence-corrected chi connectivity index (χ0v) is 7.30. The summed E-state index contributed by atoms with van der Waals surface area (Å²) in [6, 6.07) is 0. The third kappa shape index (κ3) is 1.22. The average Bonchev–Trinajstić information content (AvgIpc) is 2.49. The molecule has 1 aromatic heterocycles. The molecule has 0 saturated heterocycles. The van der Waals surface area contributed by atoms with Crippen LogP contribution in [0.5, 0.6) is 0 Å². The van der Waals surface area contributed by atoms with Gasteiger partial charge in [-0.2, -0.15) is 0 Å². The van der Waals surface area contributed by atoms with Crippen molar-refractivity contribution >= 4 is 17.5 Å². The topological polar surface area (TPSA) is 50.2 Å². The number of rotatable bonds is 1. The highest BCUT2D eigenvalue weighted by Crippen LogP contribution is 2.27. The van der Waals surface area contributed by atoms with Gasteiger partial charge < -0.3 is 5.11 Å². The Bertz CT molecular complexity index is 308. The molecule has 0 aliphatic heterocycles. The van der Waals surface area contributed by atoms with Gasteiger partial charge in [0.1, 0.15) is 0 Å². The molecule has 1 unspecified atom stereocenters. The van der Waals surface area contributed by atoms with Crippen LogP contribution in [-0.4, -0.2) is 15.4 Å². The van der Waals surface area contributed by atoms with Crippen molar-refractivity contribution in [2.24, 2.45) is 5.92 Å². The van der Waals surface area contributed by atoms with Crippen molar-refractivity contribution in [1.82, 2.24) is 4.37 Å². The van der Waals surface area contributed by atoms with Gasteiger partial charge in [0.05, 0.1) is 5.92 Å². The summed E-state index contributed by atoms with van der Waals surface area (Å²) >= 11 is 1.50. The van der Waals surface area contributed by atoms with E-state index in [1.165, 1.54) is 16.4 Å². The number of hydrogen-bond acceptors (Lipinski definition) is 3. The van der Waals surface area contributed by atoms with Crippen LogP contribution in [0.15, 0.2) is 6.20 Å². The number of carbonyl (C=O) groups is 1. The van der Waals surface area contributed by atoms with Crippen molar-refractivity contribution in [2.75, 3.05) is 0 Å². The Morgan fingerprint density at radius 1 is 1.75 bits per heavy atom. The minimum atomic E-state index is -0.674. The van der Waals surface area contributed by atoms with Gasteiger partial charge in [-0.1, -0.05) is 0 Å². The lowest BCUT2D eigenvalue weighted by Crippen LogP contribution is -2.20. The van der Waals surface area contributed by atoms with Crippen LogP contribution >= 0.6 is 11.5 Å². The van der Waals surface area contributed by atoms with Crippen LogP contribution in [0.2, 0.25) is 0 Å². The van der Waals surface area contributed by atoms with Crippen molar-refractivity contribution in [3.63, 3.8) is 0 Å². The summed E-state index contributed by atoms with van der Waals surface area (Å²) in [6.07, 6.45) is 4.12. The Morgan fingerprint density at radius 3 is 3.33 bits per heavy atom. The molecular formula is C8H9NO2S. The van der Waals surface area contributed by atoms with Crippen LogP contribution in [0.3, 0.4) is 0 Å². The van der Waals surface area contributed by atoms with Crippen LogP contribution in [-0.2, 0) is 17.6 Å². The Balaban J connectivity index is 2.20. The first kappa shape index (κ1) is 7.73. The van der Waals surface area contributed by atoms with Gasteiger partial charge in [0, 0.05) is 11.1 Å². The van der Waals surface area contributed by atoms with Crippen LogP contribution in [0.25, 0.3) is 0 Å². The molecule has 0 saturated carbocycles. The first-order valence-corrected chi connectivity index (χ1v) is 4.70. The normalized spacial score (nSPS) is 21.8. The van der Waals surface area contributed by atoms with Crippen LogP contribution in [0.4, 0.5) is 0 Å². The molecule has 12 heavy (non-hydrogen) atoms. The fourth-order valence-electron chi connectivity index (χ4n) is 1.54. The highest BCUT2D eigenvalue weighted by Gasteiger charge is 2.25. The molecule has 1 aliphatic rings. The van der Waals surface area contributed by atoms with Crippen molar-refractivity contribution in [3.05, 3.63) is 16.6 Å². The molecule has 0 fully saturated rings. The third-order valence-corrected chi connectivity index (χ3v) is 3.16. The summed E-state index contributed by atoms with van der Waals surface area (Å²) in [7, 11) is 0. The van der Waals surface area contributed by atoms with Gasteiger partial charge in [-0.3, -0.25) is 4.79 Å². The molecule has 0 spiro atoms. The maximum absolute atomic E-state index is 10.7. The number of aromatic nitrogens is 1. The number of hydrogen-bond donors (Lipinski definition) is 1. The molecule has 0 bridgehead atoms. The molecule has 0 aromatic carbocycles. The molecule has 3 nitrogen and oxygen atoms in total. The average molecular weight is 183 g/mol. The van der Waals surface area contributed by atoms with Gasteiger partial charge in [-0.05, 0) is 36.4 Å². The Morgan fingerprint density at radius 2 is 2.58 bits per heavy atom. The summed E-state index contributed by atoms with van der Waals surface area (Å²) in [5.74, 6) is -0.860. The highest BCUT2D eigenvalue weighted by atomic mass is 32.1. The molecule has 0 radical (unpaired) electrons. The van der Waals surface area contributed by atoms with E-state index in [1.807, 2.05) is 0 Å². The van der Waals surface area contributed by atoms with Gasteiger partial charge >= 0.3 is 5.97 Å². The molecule has 64 valence electrons. The molecule has 4 heteroatoms. The molecule has 1 N–H and O–H groups in total. The second-order valence-electron chi connectivity index (χ2n) is 3.05. The smallest absolute Gasteiger partial charge is 0.306 e. The Hall–Kier alpha value is -0.900. The number of aryl methyl sites for hydroxylation is 1. The SMILES string of the molecule is O=C(O)C1CCc2sncc2C1. The van der Waals surface area contributed by atoms with E-state index in [0.717, 1.165) is 18.4 Å². The summed E-state index contributed by atoms with van der Waals surface area (Å²) in [5.41, 5.74) is 1.14. The standard InChI is InChI=1S/C8H9NO2S/c10-8(11)5-1-2-7-6(3-5)4-9-12-7/h4-5H,1-3H2,(H,10,11). The summed E-state index contributed by atoms with van der Waals surface area (Å²) < 4.78 is 4.05. The van der Waals surface area contributed by atoms with Gasteiger partial charge in [0.25, 0.3) is 0 Å². The lowest BCUT2D eigenvalue weighted by atomic mass is 9.89. The van der Waals surface area contributed by atoms with Crippen molar-refractivity contribution < 1.29 is 9.90 Å². The number of carboxylic acid groups (broad SMARTS) is 1. The van der Waals surface area contributed by atoms with E-state index in [9.17, 15) is 4.79 Å². The summed E-state index contributed by atoms with van der Waals surface area (Å²) in [5, 5.41) is 8.78. The van der Waals surface area contributed by atoms with Crippen molar-refractivity contribution in [2.45, 2.75) is 19.3 Å². The maximum atomic E-state index is 10.7. The van der Waals surface area contributed by atoms with E-state index in [4.69, 9.17) is 5.11 Å². The fourth-order valence-corrected chi connectivity index (χ4v) is 2.31. The van der Waals surface area contributed by atoms with Crippen LogP contribution in [0, 0.1) is 5.92 Å². The number of nitrogens with zero attached hydrogens (tertiary/aromatic N) is 1. The quantitative estimate of drug-likeness (QED) is 0.714. The fraction of sp³-hybridized carbons (Fsp3) is 0.500. The predicted molar refractivity (Wildman–Crippen MR) is 45.3 cm³/mol. The molecule has 1 heterocycles. The molecule has 1 atom stereocenters. The maximum Gasteiger partial charge on any atom is 0.306 e. The van der Waals surface area contributed by atoms with Crippen LogP contribution < -0.4 is 0 Å². The van der Waals surface area contributed by atoms with E-state index in [2.05, 4.69) is 4.37 Å². The number of aliphatic carboxylic acids is 1. The van der Waals surface area contributed by atoms with Gasteiger partial charge in [0.15, 0.2) is 0 Å². The minimum Gasteiger partial charge on any atom is -0.481 e. The second-order valence-corrected chi connectivity index (χ2v) is 3.94. The highest BCUT2D eigenvalue weighted by molar-refractivity contribution is 7.05. The van der Waals surface area contributed by atoms with E-state index in [1.54, 1.807) is 6.20 Å². The third-order valence-electron chi connectivity index (χ3n) is 2.27. The molecule has 2 rings (SSSR count). The van der Waals surface area contributed by atoms with E-state index < -0.39 is 5.97 Å². The lowest BCUT2D eigenvalue weighted by Gasteiger charge is -2.16. The summed E-state index contributed by atoms with van der Waals surface area (Å²) in [6.45, 7) is 0. The van der Waals surface area contributed by atoms with Gasteiger partial charge in [-0.25, -0.2) is 4.37 Å². The predicted octanol–water partition coefficient (Wildman–Crippen LogP) is 1.33. The number of carboxylic acids is 1. The van der Waals surface area contributed by atoms with Crippen molar-refractivity contribution in [1.29, 1.82) is 0 Å². The van der Waals surface area contributed by atoms with E-state index in [0.29, 0.717) is 6.42 Å². The Labute approximate surface area is 74.2 Å². The Kier molecular flexibility index (Phi) is 1.84. The number of fused-ring (bicyclic) bond motifs is 1. The molecule has 1 aromatic rings.